The van der Waals surface area contributed by atoms with Gasteiger partial charge in [-0.15, -0.1) is 12.4 Å². The topological polar surface area (TPSA) is 42.2 Å². The molecule has 0 aliphatic carbocycles. The Morgan fingerprint density at radius 1 is 1.56 bits per heavy atom. The quantitative estimate of drug-likeness (QED) is 0.878. The first kappa shape index (κ1) is 13.4. The maximum Gasteiger partial charge on any atom is 0.0572 e. The lowest BCUT2D eigenvalue weighted by Crippen LogP contribution is -2.26. The van der Waals surface area contributed by atoms with Gasteiger partial charge in [-0.3, -0.25) is 9.88 Å². The molecule has 0 amide bonds. The van der Waals surface area contributed by atoms with Crippen LogP contribution in [0.2, 0.25) is 0 Å². The molecule has 1 aliphatic heterocycles. The van der Waals surface area contributed by atoms with Gasteiger partial charge in [-0.05, 0) is 44.5 Å². The Labute approximate surface area is 103 Å². The van der Waals surface area contributed by atoms with Crippen LogP contribution in [0, 0.1) is 5.92 Å². The van der Waals surface area contributed by atoms with Gasteiger partial charge in [0.2, 0.25) is 0 Å². The van der Waals surface area contributed by atoms with E-state index in [1.54, 1.807) is 0 Å². The molecule has 0 bridgehead atoms. The van der Waals surface area contributed by atoms with Crippen molar-refractivity contribution in [1.29, 1.82) is 0 Å². The second-order valence-corrected chi connectivity index (χ2v) is 4.32. The third-order valence-corrected chi connectivity index (χ3v) is 3.31. The maximum absolute atomic E-state index is 5.69. The van der Waals surface area contributed by atoms with Crippen molar-refractivity contribution in [1.82, 2.24) is 9.88 Å². The van der Waals surface area contributed by atoms with Crippen LogP contribution in [-0.4, -0.2) is 29.5 Å². The summed E-state index contributed by atoms with van der Waals surface area (Å²) in [4.78, 5) is 6.87. The van der Waals surface area contributed by atoms with Crippen LogP contribution in [0.15, 0.2) is 24.4 Å². The van der Waals surface area contributed by atoms with Crippen molar-refractivity contribution in [3.05, 3.63) is 30.1 Å². The Morgan fingerprint density at radius 3 is 2.94 bits per heavy atom. The normalized spacial score (nSPS) is 22.8. The second-order valence-electron chi connectivity index (χ2n) is 4.32. The first-order chi connectivity index (χ1) is 7.31. The molecule has 0 spiro atoms. The molecule has 2 atom stereocenters. The van der Waals surface area contributed by atoms with Crippen LogP contribution in [0.25, 0.3) is 0 Å². The van der Waals surface area contributed by atoms with Crippen molar-refractivity contribution in [3.63, 3.8) is 0 Å². The molecule has 2 N–H and O–H groups in total. The zero-order chi connectivity index (χ0) is 10.7. The van der Waals surface area contributed by atoms with E-state index in [0.29, 0.717) is 12.0 Å². The highest BCUT2D eigenvalue weighted by atomic mass is 35.5. The standard InChI is InChI=1S/C12H19N3.ClH/c1-10(12-4-2-3-6-14-12)15-7-5-11(8-13)9-15;/h2-4,6,10-11H,5,7-9,13H2,1H3;1H. The predicted octanol–water partition coefficient (Wildman–Crippen LogP) is 1.85. The van der Waals surface area contributed by atoms with E-state index in [0.717, 1.165) is 25.3 Å². The van der Waals surface area contributed by atoms with Crippen molar-refractivity contribution in [2.45, 2.75) is 19.4 Å². The molecule has 0 aromatic carbocycles. The van der Waals surface area contributed by atoms with Crippen molar-refractivity contribution < 1.29 is 0 Å². The van der Waals surface area contributed by atoms with Gasteiger partial charge < -0.3 is 5.73 Å². The fourth-order valence-electron chi connectivity index (χ4n) is 2.22. The minimum Gasteiger partial charge on any atom is -0.330 e. The van der Waals surface area contributed by atoms with Gasteiger partial charge in [0.25, 0.3) is 0 Å². The molecule has 2 heterocycles. The minimum absolute atomic E-state index is 0. The van der Waals surface area contributed by atoms with Gasteiger partial charge in [0, 0.05) is 18.8 Å². The number of rotatable bonds is 3. The average molecular weight is 242 g/mol. The highest BCUT2D eigenvalue weighted by molar-refractivity contribution is 5.85. The van der Waals surface area contributed by atoms with Crippen LogP contribution in [0.5, 0.6) is 0 Å². The van der Waals surface area contributed by atoms with Crippen LogP contribution >= 0.6 is 12.4 Å². The molecule has 1 aromatic rings. The summed E-state index contributed by atoms with van der Waals surface area (Å²) in [6.07, 6.45) is 3.09. The summed E-state index contributed by atoms with van der Waals surface area (Å²) in [5.74, 6) is 0.677. The fraction of sp³-hybridized carbons (Fsp3) is 0.583. The summed E-state index contributed by atoms with van der Waals surface area (Å²) in [5, 5.41) is 0. The largest absolute Gasteiger partial charge is 0.330 e. The molecule has 3 nitrogen and oxygen atoms in total. The number of pyridine rings is 1. The Kier molecular flexibility index (Phi) is 5.19. The average Bonchev–Trinajstić information content (AvgIpc) is 2.78. The number of likely N-dealkylation sites (tertiary alicyclic amines) is 1. The lowest BCUT2D eigenvalue weighted by molar-refractivity contribution is 0.249. The van der Waals surface area contributed by atoms with E-state index >= 15 is 0 Å². The van der Waals surface area contributed by atoms with E-state index in [2.05, 4.69) is 28.9 Å². The molecule has 1 aromatic heterocycles. The van der Waals surface area contributed by atoms with E-state index in [1.807, 2.05) is 12.3 Å². The molecule has 2 unspecified atom stereocenters. The lowest BCUT2D eigenvalue weighted by Gasteiger charge is -2.23. The van der Waals surface area contributed by atoms with Gasteiger partial charge in [0.15, 0.2) is 0 Å². The monoisotopic (exact) mass is 241 g/mol. The number of halogens is 1. The Morgan fingerprint density at radius 2 is 2.38 bits per heavy atom. The van der Waals surface area contributed by atoms with E-state index < -0.39 is 0 Å². The van der Waals surface area contributed by atoms with Crippen molar-refractivity contribution in [3.8, 4) is 0 Å². The van der Waals surface area contributed by atoms with Crippen LogP contribution in [0.3, 0.4) is 0 Å². The zero-order valence-corrected chi connectivity index (χ0v) is 10.5. The van der Waals surface area contributed by atoms with Crippen LogP contribution in [-0.2, 0) is 0 Å². The molecule has 16 heavy (non-hydrogen) atoms. The van der Waals surface area contributed by atoms with Crippen LogP contribution in [0.1, 0.15) is 25.1 Å². The van der Waals surface area contributed by atoms with Crippen molar-refractivity contribution in [2.75, 3.05) is 19.6 Å². The predicted molar refractivity (Wildman–Crippen MR) is 68.6 cm³/mol. The van der Waals surface area contributed by atoms with Gasteiger partial charge in [-0.2, -0.15) is 0 Å². The first-order valence-electron chi connectivity index (χ1n) is 5.66. The van der Waals surface area contributed by atoms with Crippen molar-refractivity contribution >= 4 is 12.4 Å². The molecule has 4 heteroatoms. The SMILES string of the molecule is CC(c1ccccn1)N1CCC(CN)C1.Cl. The van der Waals surface area contributed by atoms with E-state index in [-0.39, 0.29) is 12.4 Å². The van der Waals surface area contributed by atoms with Gasteiger partial charge in [-0.1, -0.05) is 6.07 Å². The second kappa shape index (κ2) is 6.18. The lowest BCUT2D eigenvalue weighted by atomic mass is 10.1. The van der Waals surface area contributed by atoms with Crippen LogP contribution in [0.4, 0.5) is 0 Å². The summed E-state index contributed by atoms with van der Waals surface area (Å²) < 4.78 is 0. The third-order valence-electron chi connectivity index (χ3n) is 3.31. The Balaban J connectivity index is 0.00000128. The molecular formula is C12H20ClN3. The maximum atomic E-state index is 5.69. The number of hydrogen-bond acceptors (Lipinski definition) is 3. The number of nitrogens with zero attached hydrogens (tertiary/aromatic N) is 2. The highest BCUT2D eigenvalue weighted by Gasteiger charge is 2.26. The summed E-state index contributed by atoms with van der Waals surface area (Å²) in [6.45, 7) is 5.31. The molecule has 1 saturated heterocycles. The molecule has 1 fully saturated rings. The van der Waals surface area contributed by atoms with Gasteiger partial charge in [-0.25, -0.2) is 0 Å². The minimum atomic E-state index is 0. The summed E-state index contributed by atoms with van der Waals surface area (Å²) in [6, 6.07) is 6.53. The van der Waals surface area contributed by atoms with E-state index in [4.69, 9.17) is 5.73 Å². The number of nitrogens with two attached hydrogens (primary N) is 1. The summed E-state index contributed by atoms with van der Waals surface area (Å²) >= 11 is 0. The summed E-state index contributed by atoms with van der Waals surface area (Å²) in [7, 11) is 0. The molecule has 2 rings (SSSR count). The molecule has 0 saturated carbocycles. The zero-order valence-electron chi connectivity index (χ0n) is 9.67. The van der Waals surface area contributed by atoms with E-state index in [1.165, 1.54) is 6.42 Å². The fourth-order valence-corrected chi connectivity index (χ4v) is 2.22. The van der Waals surface area contributed by atoms with Crippen molar-refractivity contribution in [2.24, 2.45) is 11.7 Å². The van der Waals surface area contributed by atoms with Crippen LogP contribution < -0.4 is 5.73 Å². The summed E-state index contributed by atoms with van der Waals surface area (Å²) in [5.41, 5.74) is 6.85. The molecule has 1 aliphatic rings. The number of aromatic nitrogens is 1. The Bertz CT molecular complexity index is 304. The molecule has 90 valence electrons. The van der Waals surface area contributed by atoms with Gasteiger partial charge in [0.1, 0.15) is 0 Å². The van der Waals surface area contributed by atoms with Gasteiger partial charge >= 0.3 is 0 Å². The smallest absolute Gasteiger partial charge is 0.0572 e. The highest BCUT2D eigenvalue weighted by Crippen LogP contribution is 2.25. The molecular weight excluding hydrogens is 222 g/mol. The molecule has 0 radical (unpaired) electrons. The number of hydrogen-bond donors (Lipinski definition) is 1. The third kappa shape index (κ3) is 2.94. The van der Waals surface area contributed by atoms with E-state index in [9.17, 15) is 0 Å². The Hall–Kier alpha value is -0.640. The first-order valence-corrected chi connectivity index (χ1v) is 5.66. The van der Waals surface area contributed by atoms with Gasteiger partial charge in [0.05, 0.1) is 5.69 Å².